The number of hydrogen-bond acceptors (Lipinski definition) is 4. The molecule has 0 aliphatic carbocycles. The Bertz CT molecular complexity index is 662. The average molecular weight is 253 g/mol. The number of aromatic amines is 1. The first-order chi connectivity index (χ1) is 9.33. The summed E-state index contributed by atoms with van der Waals surface area (Å²) in [5, 5.41) is 19.9. The van der Waals surface area contributed by atoms with Crippen molar-refractivity contribution in [1.29, 1.82) is 0 Å². The minimum Gasteiger partial charge on any atom is -0.303 e. The van der Waals surface area contributed by atoms with Crippen molar-refractivity contribution in [3.63, 3.8) is 0 Å². The maximum Gasteiger partial charge on any atom is 0.191 e. The lowest BCUT2D eigenvalue weighted by atomic mass is 10.1. The Kier molecular flexibility index (Phi) is 3.20. The Morgan fingerprint density at radius 3 is 2.79 bits per heavy atom. The van der Waals surface area contributed by atoms with Crippen molar-refractivity contribution in [3.05, 3.63) is 53.9 Å². The molecule has 1 aromatic heterocycles. The number of H-pyrrole nitrogens is 1. The van der Waals surface area contributed by atoms with Crippen LogP contribution in [0.2, 0.25) is 0 Å². The van der Waals surface area contributed by atoms with Crippen molar-refractivity contribution >= 4 is 10.8 Å². The summed E-state index contributed by atoms with van der Waals surface area (Å²) in [6.07, 6.45) is 0. The third-order valence-electron chi connectivity index (χ3n) is 3.18. The van der Waals surface area contributed by atoms with E-state index in [0.29, 0.717) is 5.82 Å². The lowest BCUT2D eigenvalue weighted by molar-refractivity contribution is 0.547. The summed E-state index contributed by atoms with van der Waals surface area (Å²) in [6, 6.07) is 14.9. The first-order valence-electron chi connectivity index (χ1n) is 6.27. The fourth-order valence-corrected chi connectivity index (χ4v) is 2.06. The number of nitrogens with zero attached hydrogens (tertiary/aromatic N) is 3. The molecular weight excluding hydrogens is 238 g/mol. The molecule has 1 unspecified atom stereocenters. The van der Waals surface area contributed by atoms with Gasteiger partial charge in [0.05, 0.1) is 6.04 Å². The number of fused-ring (bicyclic) bond motifs is 1. The van der Waals surface area contributed by atoms with Gasteiger partial charge in [-0.15, -0.1) is 10.2 Å². The molecule has 3 rings (SSSR count). The zero-order chi connectivity index (χ0) is 13.1. The highest BCUT2D eigenvalue weighted by atomic mass is 15.5. The molecule has 0 radical (unpaired) electrons. The van der Waals surface area contributed by atoms with Crippen molar-refractivity contribution in [3.8, 4) is 0 Å². The lowest BCUT2D eigenvalue weighted by Crippen LogP contribution is -2.19. The number of rotatable bonds is 4. The van der Waals surface area contributed by atoms with Crippen LogP contribution in [-0.4, -0.2) is 20.6 Å². The van der Waals surface area contributed by atoms with Gasteiger partial charge in [0.1, 0.15) is 0 Å². The molecule has 3 aromatic rings. The molecule has 0 bridgehead atoms. The quantitative estimate of drug-likeness (QED) is 0.748. The van der Waals surface area contributed by atoms with E-state index in [2.05, 4.69) is 68.4 Å². The van der Waals surface area contributed by atoms with Crippen LogP contribution < -0.4 is 5.32 Å². The number of hydrogen-bond donors (Lipinski definition) is 2. The third-order valence-corrected chi connectivity index (χ3v) is 3.18. The standard InChI is InChI=1S/C14H15N5/c1-10(14-16-18-19-17-14)15-9-11-6-7-12-4-2-3-5-13(12)8-11/h2-8,10,15H,9H2,1H3,(H,16,17,18,19). The molecule has 0 fully saturated rings. The van der Waals surface area contributed by atoms with Gasteiger partial charge in [0.2, 0.25) is 0 Å². The van der Waals surface area contributed by atoms with Crippen LogP contribution in [0.25, 0.3) is 10.8 Å². The molecule has 0 amide bonds. The Hall–Kier alpha value is -2.27. The molecule has 0 aliphatic heterocycles. The van der Waals surface area contributed by atoms with Crippen molar-refractivity contribution in [1.82, 2.24) is 25.9 Å². The zero-order valence-corrected chi connectivity index (χ0v) is 10.7. The lowest BCUT2D eigenvalue weighted by Gasteiger charge is -2.10. The summed E-state index contributed by atoms with van der Waals surface area (Å²) in [6.45, 7) is 2.80. The van der Waals surface area contributed by atoms with Crippen molar-refractivity contribution in [2.75, 3.05) is 0 Å². The van der Waals surface area contributed by atoms with Crippen molar-refractivity contribution < 1.29 is 0 Å². The van der Waals surface area contributed by atoms with Gasteiger partial charge < -0.3 is 5.32 Å². The molecule has 0 spiro atoms. The van der Waals surface area contributed by atoms with E-state index in [9.17, 15) is 0 Å². The summed E-state index contributed by atoms with van der Waals surface area (Å²) in [4.78, 5) is 0. The molecule has 96 valence electrons. The number of tetrazole rings is 1. The smallest absolute Gasteiger partial charge is 0.191 e. The van der Waals surface area contributed by atoms with E-state index in [4.69, 9.17) is 0 Å². The van der Waals surface area contributed by atoms with Crippen LogP contribution in [0, 0.1) is 0 Å². The minimum absolute atomic E-state index is 0.0743. The molecule has 0 aliphatic rings. The van der Waals surface area contributed by atoms with E-state index in [1.165, 1.54) is 16.3 Å². The molecule has 5 nitrogen and oxygen atoms in total. The Morgan fingerprint density at radius 1 is 1.16 bits per heavy atom. The van der Waals surface area contributed by atoms with Gasteiger partial charge >= 0.3 is 0 Å². The largest absolute Gasteiger partial charge is 0.303 e. The first kappa shape index (κ1) is 11.8. The van der Waals surface area contributed by atoms with Crippen LogP contribution in [-0.2, 0) is 6.54 Å². The van der Waals surface area contributed by atoms with E-state index >= 15 is 0 Å². The van der Waals surface area contributed by atoms with E-state index < -0.39 is 0 Å². The summed E-state index contributed by atoms with van der Waals surface area (Å²) in [7, 11) is 0. The van der Waals surface area contributed by atoms with Gasteiger partial charge in [-0.2, -0.15) is 5.21 Å². The Labute approximate surface area is 111 Å². The monoisotopic (exact) mass is 253 g/mol. The number of benzene rings is 2. The fraction of sp³-hybridized carbons (Fsp3) is 0.214. The first-order valence-corrected chi connectivity index (χ1v) is 6.27. The van der Waals surface area contributed by atoms with Gasteiger partial charge in [-0.1, -0.05) is 41.6 Å². The molecule has 0 saturated carbocycles. The van der Waals surface area contributed by atoms with Gasteiger partial charge in [-0.25, -0.2) is 0 Å². The van der Waals surface area contributed by atoms with E-state index in [0.717, 1.165) is 6.54 Å². The van der Waals surface area contributed by atoms with Crippen LogP contribution in [0.1, 0.15) is 24.4 Å². The summed E-state index contributed by atoms with van der Waals surface area (Å²) in [5.74, 6) is 0.681. The molecular formula is C14H15N5. The second-order valence-corrected chi connectivity index (χ2v) is 4.55. The highest BCUT2D eigenvalue weighted by Gasteiger charge is 2.09. The summed E-state index contributed by atoms with van der Waals surface area (Å²) in [5.41, 5.74) is 1.24. The van der Waals surface area contributed by atoms with Crippen LogP contribution in [0.5, 0.6) is 0 Å². The maximum absolute atomic E-state index is 3.97. The normalized spacial score (nSPS) is 12.7. The van der Waals surface area contributed by atoms with Crippen LogP contribution in [0.3, 0.4) is 0 Å². The van der Waals surface area contributed by atoms with Crippen LogP contribution >= 0.6 is 0 Å². The Balaban J connectivity index is 1.71. The van der Waals surface area contributed by atoms with E-state index in [1.54, 1.807) is 0 Å². The zero-order valence-electron chi connectivity index (χ0n) is 10.7. The van der Waals surface area contributed by atoms with E-state index in [1.807, 2.05) is 6.92 Å². The van der Waals surface area contributed by atoms with Gasteiger partial charge in [0, 0.05) is 6.54 Å². The van der Waals surface area contributed by atoms with Crippen LogP contribution in [0.4, 0.5) is 0 Å². The number of nitrogens with one attached hydrogen (secondary N) is 2. The topological polar surface area (TPSA) is 66.5 Å². The molecule has 1 heterocycles. The van der Waals surface area contributed by atoms with Gasteiger partial charge in [0.25, 0.3) is 0 Å². The highest BCUT2D eigenvalue weighted by molar-refractivity contribution is 5.82. The minimum atomic E-state index is 0.0743. The van der Waals surface area contributed by atoms with E-state index in [-0.39, 0.29) is 6.04 Å². The molecule has 0 saturated heterocycles. The molecule has 1 atom stereocenters. The van der Waals surface area contributed by atoms with Gasteiger partial charge in [0.15, 0.2) is 5.82 Å². The highest BCUT2D eigenvalue weighted by Crippen LogP contribution is 2.16. The molecule has 2 N–H and O–H groups in total. The van der Waals surface area contributed by atoms with Gasteiger partial charge in [-0.3, -0.25) is 0 Å². The summed E-state index contributed by atoms with van der Waals surface area (Å²) >= 11 is 0. The van der Waals surface area contributed by atoms with Crippen molar-refractivity contribution in [2.45, 2.75) is 19.5 Å². The SMILES string of the molecule is CC(NCc1ccc2ccccc2c1)c1nn[nH]n1. The molecule has 19 heavy (non-hydrogen) atoms. The molecule has 2 aromatic carbocycles. The van der Waals surface area contributed by atoms with Crippen LogP contribution in [0.15, 0.2) is 42.5 Å². The Morgan fingerprint density at radius 2 is 2.00 bits per heavy atom. The molecule has 5 heteroatoms. The third kappa shape index (κ3) is 2.61. The fourth-order valence-electron chi connectivity index (χ4n) is 2.06. The number of aromatic nitrogens is 4. The second-order valence-electron chi connectivity index (χ2n) is 4.55. The predicted octanol–water partition coefficient (Wildman–Crippen LogP) is 2.20. The van der Waals surface area contributed by atoms with Crippen molar-refractivity contribution in [2.24, 2.45) is 0 Å². The summed E-state index contributed by atoms with van der Waals surface area (Å²) < 4.78 is 0. The second kappa shape index (κ2) is 5.16. The average Bonchev–Trinajstić information content (AvgIpc) is 2.99. The predicted molar refractivity (Wildman–Crippen MR) is 73.4 cm³/mol. The van der Waals surface area contributed by atoms with Gasteiger partial charge in [-0.05, 0) is 29.3 Å². The maximum atomic E-state index is 3.97.